The molecule has 2 heterocycles. The van der Waals surface area contributed by atoms with E-state index in [2.05, 4.69) is 22.0 Å². The van der Waals surface area contributed by atoms with Crippen molar-refractivity contribution < 1.29 is 9.53 Å². The van der Waals surface area contributed by atoms with Crippen LogP contribution in [0.2, 0.25) is 0 Å². The fraction of sp³-hybridized carbons (Fsp3) is 0.938. The Morgan fingerprint density at radius 3 is 2.76 bits per heavy atom. The third-order valence-electron chi connectivity index (χ3n) is 4.96. The highest BCUT2D eigenvalue weighted by atomic mass is 16.5. The van der Waals surface area contributed by atoms with E-state index in [9.17, 15) is 4.79 Å². The monoisotopic (exact) mass is 297 g/mol. The summed E-state index contributed by atoms with van der Waals surface area (Å²) in [4.78, 5) is 17.5. The lowest BCUT2D eigenvalue weighted by atomic mass is 9.88. The average Bonchev–Trinajstić information content (AvgIpc) is 2.88. The SMILES string of the molecule is CCCN1CCCC(C(=O)OC)(N2CCCNCC2)CC1. The lowest BCUT2D eigenvalue weighted by molar-refractivity contribution is -0.156. The van der Waals surface area contributed by atoms with E-state index in [-0.39, 0.29) is 5.97 Å². The van der Waals surface area contributed by atoms with E-state index in [0.29, 0.717) is 0 Å². The summed E-state index contributed by atoms with van der Waals surface area (Å²) in [5, 5.41) is 3.43. The molecule has 5 heteroatoms. The number of esters is 1. The van der Waals surface area contributed by atoms with E-state index in [4.69, 9.17) is 4.74 Å². The van der Waals surface area contributed by atoms with Gasteiger partial charge in [0.05, 0.1) is 7.11 Å². The van der Waals surface area contributed by atoms with Crippen LogP contribution in [0.25, 0.3) is 0 Å². The molecule has 2 aliphatic rings. The van der Waals surface area contributed by atoms with Crippen LogP contribution >= 0.6 is 0 Å². The molecule has 0 aliphatic carbocycles. The van der Waals surface area contributed by atoms with Crippen LogP contribution in [-0.2, 0) is 9.53 Å². The lowest BCUT2D eigenvalue weighted by Crippen LogP contribution is -2.56. The maximum absolute atomic E-state index is 12.6. The van der Waals surface area contributed by atoms with Crippen LogP contribution in [0.4, 0.5) is 0 Å². The number of carbonyl (C=O) groups excluding carboxylic acids is 1. The van der Waals surface area contributed by atoms with Crippen LogP contribution in [0.5, 0.6) is 0 Å². The normalized spacial score (nSPS) is 29.6. The van der Waals surface area contributed by atoms with Crippen LogP contribution in [0.3, 0.4) is 0 Å². The summed E-state index contributed by atoms with van der Waals surface area (Å²) >= 11 is 0. The van der Waals surface area contributed by atoms with Gasteiger partial charge < -0.3 is 15.0 Å². The summed E-state index contributed by atoms with van der Waals surface area (Å²) in [6.45, 7) is 9.44. The van der Waals surface area contributed by atoms with Crippen molar-refractivity contribution >= 4 is 5.97 Å². The summed E-state index contributed by atoms with van der Waals surface area (Å²) in [5.74, 6) is -0.0252. The maximum atomic E-state index is 12.6. The molecule has 0 aromatic carbocycles. The van der Waals surface area contributed by atoms with E-state index in [1.165, 1.54) is 13.5 Å². The first-order valence-electron chi connectivity index (χ1n) is 8.49. The zero-order valence-electron chi connectivity index (χ0n) is 13.7. The van der Waals surface area contributed by atoms with Gasteiger partial charge in [-0.1, -0.05) is 6.92 Å². The predicted molar refractivity (Wildman–Crippen MR) is 84.4 cm³/mol. The van der Waals surface area contributed by atoms with Crippen molar-refractivity contribution in [2.24, 2.45) is 0 Å². The molecule has 21 heavy (non-hydrogen) atoms. The second-order valence-electron chi connectivity index (χ2n) is 6.31. The fourth-order valence-corrected chi connectivity index (χ4v) is 3.83. The lowest BCUT2D eigenvalue weighted by Gasteiger charge is -2.40. The molecule has 0 aromatic heterocycles. The van der Waals surface area contributed by atoms with Crippen molar-refractivity contribution in [2.75, 3.05) is 52.9 Å². The molecule has 2 fully saturated rings. The topological polar surface area (TPSA) is 44.8 Å². The van der Waals surface area contributed by atoms with E-state index in [0.717, 1.165) is 71.5 Å². The van der Waals surface area contributed by atoms with Gasteiger partial charge in [0, 0.05) is 26.2 Å². The molecule has 2 aliphatic heterocycles. The third-order valence-corrected chi connectivity index (χ3v) is 4.96. The molecule has 122 valence electrons. The van der Waals surface area contributed by atoms with Crippen LogP contribution < -0.4 is 5.32 Å². The highest BCUT2D eigenvalue weighted by Crippen LogP contribution is 2.31. The minimum Gasteiger partial charge on any atom is -0.468 e. The Morgan fingerprint density at radius 1 is 1.14 bits per heavy atom. The second kappa shape index (κ2) is 8.11. The molecule has 1 unspecified atom stereocenters. The Balaban J connectivity index is 2.14. The van der Waals surface area contributed by atoms with Gasteiger partial charge in [0.25, 0.3) is 0 Å². The summed E-state index contributed by atoms with van der Waals surface area (Å²) in [7, 11) is 1.54. The molecule has 1 atom stereocenters. The number of nitrogens with zero attached hydrogens (tertiary/aromatic N) is 2. The van der Waals surface area contributed by atoms with E-state index in [1.54, 1.807) is 0 Å². The first-order valence-corrected chi connectivity index (χ1v) is 8.49. The van der Waals surface area contributed by atoms with E-state index < -0.39 is 5.54 Å². The number of methoxy groups -OCH3 is 1. The predicted octanol–water partition coefficient (Wildman–Crippen LogP) is 1.09. The van der Waals surface area contributed by atoms with Gasteiger partial charge in [0.2, 0.25) is 0 Å². The minimum absolute atomic E-state index is 0.0252. The molecule has 2 saturated heterocycles. The van der Waals surface area contributed by atoms with Crippen molar-refractivity contribution in [3.63, 3.8) is 0 Å². The second-order valence-corrected chi connectivity index (χ2v) is 6.31. The molecule has 0 saturated carbocycles. The first kappa shape index (κ1) is 16.7. The number of likely N-dealkylation sites (tertiary alicyclic amines) is 1. The van der Waals surface area contributed by atoms with Crippen molar-refractivity contribution in [1.29, 1.82) is 0 Å². The van der Waals surface area contributed by atoms with Crippen LogP contribution in [0.1, 0.15) is 39.0 Å². The van der Waals surface area contributed by atoms with Crippen LogP contribution in [-0.4, -0.2) is 74.2 Å². The highest BCUT2D eigenvalue weighted by Gasteiger charge is 2.45. The number of rotatable bonds is 4. The number of carbonyl (C=O) groups is 1. The maximum Gasteiger partial charge on any atom is 0.326 e. The zero-order valence-corrected chi connectivity index (χ0v) is 13.7. The number of ether oxygens (including phenoxy) is 1. The molecule has 5 nitrogen and oxygen atoms in total. The molecular weight excluding hydrogens is 266 g/mol. The fourth-order valence-electron chi connectivity index (χ4n) is 3.83. The van der Waals surface area contributed by atoms with Crippen molar-refractivity contribution in [2.45, 2.75) is 44.6 Å². The van der Waals surface area contributed by atoms with Crippen molar-refractivity contribution in [1.82, 2.24) is 15.1 Å². The van der Waals surface area contributed by atoms with E-state index in [1.807, 2.05) is 0 Å². The van der Waals surface area contributed by atoms with Gasteiger partial charge in [-0.2, -0.15) is 0 Å². The smallest absolute Gasteiger partial charge is 0.326 e. The summed E-state index contributed by atoms with van der Waals surface area (Å²) in [6, 6.07) is 0. The van der Waals surface area contributed by atoms with Gasteiger partial charge in [0.15, 0.2) is 0 Å². The van der Waals surface area contributed by atoms with Gasteiger partial charge in [-0.15, -0.1) is 0 Å². The molecule has 0 aromatic rings. The number of hydrogen-bond donors (Lipinski definition) is 1. The average molecular weight is 297 g/mol. The molecule has 2 rings (SSSR count). The number of hydrogen-bond acceptors (Lipinski definition) is 5. The standard InChI is InChI=1S/C16H31N3O2/c1-3-10-18-11-4-6-16(7-13-18,15(20)21-2)19-12-5-8-17-9-14-19/h17H,3-14H2,1-2H3. The van der Waals surface area contributed by atoms with Gasteiger partial charge in [-0.3, -0.25) is 9.69 Å². The van der Waals surface area contributed by atoms with Gasteiger partial charge in [0.1, 0.15) is 5.54 Å². The van der Waals surface area contributed by atoms with Crippen molar-refractivity contribution in [3.05, 3.63) is 0 Å². The van der Waals surface area contributed by atoms with Crippen LogP contribution in [0, 0.1) is 0 Å². The third kappa shape index (κ3) is 3.96. The quantitative estimate of drug-likeness (QED) is 0.787. The van der Waals surface area contributed by atoms with Crippen molar-refractivity contribution in [3.8, 4) is 0 Å². The molecule has 0 bridgehead atoms. The van der Waals surface area contributed by atoms with Gasteiger partial charge >= 0.3 is 5.97 Å². The summed E-state index contributed by atoms with van der Waals surface area (Å²) < 4.78 is 5.22. The zero-order chi connectivity index (χ0) is 15.1. The van der Waals surface area contributed by atoms with Gasteiger partial charge in [-0.25, -0.2) is 0 Å². The van der Waals surface area contributed by atoms with Crippen LogP contribution in [0.15, 0.2) is 0 Å². The van der Waals surface area contributed by atoms with E-state index >= 15 is 0 Å². The molecule has 1 N–H and O–H groups in total. The Kier molecular flexibility index (Phi) is 6.45. The molecule has 0 spiro atoms. The number of nitrogens with one attached hydrogen (secondary N) is 1. The Hall–Kier alpha value is -0.650. The molecule has 0 radical (unpaired) electrons. The highest BCUT2D eigenvalue weighted by molar-refractivity contribution is 5.80. The van der Waals surface area contributed by atoms with Gasteiger partial charge in [-0.05, 0) is 51.7 Å². The molecular formula is C16H31N3O2. The molecule has 0 amide bonds. The Morgan fingerprint density at radius 2 is 2.00 bits per heavy atom. The summed E-state index contributed by atoms with van der Waals surface area (Å²) in [6.07, 6.45) is 5.20. The largest absolute Gasteiger partial charge is 0.468 e. The first-order chi connectivity index (χ1) is 10.2. The minimum atomic E-state index is -0.400. The Labute approximate surface area is 129 Å². The summed E-state index contributed by atoms with van der Waals surface area (Å²) in [5.41, 5.74) is -0.400. The Bertz CT molecular complexity index is 329.